The monoisotopic (exact) mass is 394 g/mol. The molecule has 0 radical (unpaired) electrons. The Morgan fingerprint density at radius 1 is 1.20 bits per heavy atom. The molecule has 0 aliphatic heterocycles. The number of para-hydroxylation sites is 1. The first-order valence-electron chi connectivity index (χ1n) is 7.12. The number of aromatic hydroxyl groups is 1. The van der Waals surface area contributed by atoms with Crippen LogP contribution in [0.4, 0.5) is 5.69 Å². The number of carbonyl (C=O) groups excluding carboxylic acids is 1. The van der Waals surface area contributed by atoms with Crippen molar-refractivity contribution in [1.82, 2.24) is 15.2 Å². The summed E-state index contributed by atoms with van der Waals surface area (Å²) in [6.07, 6.45) is 0. The van der Waals surface area contributed by atoms with Gasteiger partial charge in [0, 0.05) is 0 Å². The molecule has 128 valence electrons. The first-order chi connectivity index (χ1) is 12.0. The van der Waals surface area contributed by atoms with Gasteiger partial charge in [0.05, 0.1) is 27.0 Å². The third-order valence-electron chi connectivity index (χ3n) is 3.18. The van der Waals surface area contributed by atoms with Crippen molar-refractivity contribution in [3.05, 3.63) is 52.5 Å². The van der Waals surface area contributed by atoms with E-state index in [9.17, 15) is 9.90 Å². The summed E-state index contributed by atoms with van der Waals surface area (Å²) in [5.74, 6) is 0.367. The van der Waals surface area contributed by atoms with E-state index in [0.717, 1.165) is 11.8 Å². The lowest BCUT2D eigenvalue weighted by atomic mass is 10.2. The molecule has 0 fully saturated rings. The van der Waals surface area contributed by atoms with Gasteiger partial charge in [-0.2, -0.15) is 0 Å². The van der Waals surface area contributed by atoms with E-state index in [1.807, 2.05) is 0 Å². The van der Waals surface area contributed by atoms with Crippen LogP contribution >= 0.6 is 35.0 Å². The van der Waals surface area contributed by atoms with E-state index < -0.39 is 0 Å². The van der Waals surface area contributed by atoms with E-state index in [-0.39, 0.29) is 17.4 Å². The lowest BCUT2D eigenvalue weighted by Crippen LogP contribution is -2.14. The van der Waals surface area contributed by atoms with Crippen LogP contribution in [-0.4, -0.2) is 31.9 Å². The van der Waals surface area contributed by atoms with Gasteiger partial charge in [-0.05, 0) is 24.3 Å². The molecular formula is C16H12Cl2N4O2S. The summed E-state index contributed by atoms with van der Waals surface area (Å²) in [4.78, 5) is 16.3. The lowest BCUT2D eigenvalue weighted by Gasteiger charge is -2.07. The number of aromatic nitrogens is 3. The molecule has 25 heavy (non-hydrogen) atoms. The minimum absolute atomic E-state index is 0.0981. The molecule has 3 aromatic rings. The molecule has 0 aliphatic rings. The molecular weight excluding hydrogens is 383 g/mol. The number of amides is 1. The van der Waals surface area contributed by atoms with Crippen LogP contribution in [0.5, 0.6) is 5.75 Å². The zero-order valence-electron chi connectivity index (χ0n) is 12.7. The Hall–Kier alpha value is -2.22. The molecule has 2 aromatic carbocycles. The zero-order chi connectivity index (χ0) is 17.8. The Morgan fingerprint density at radius 3 is 2.80 bits per heavy atom. The summed E-state index contributed by atoms with van der Waals surface area (Å²) in [5.41, 5.74) is 0.988. The van der Waals surface area contributed by atoms with Gasteiger partial charge in [-0.15, -0.1) is 5.10 Å². The molecule has 0 saturated carbocycles. The minimum atomic E-state index is -0.261. The molecule has 1 aromatic heterocycles. The van der Waals surface area contributed by atoms with Crippen molar-refractivity contribution < 1.29 is 9.90 Å². The molecule has 0 spiro atoms. The molecule has 6 nitrogen and oxygen atoms in total. The maximum absolute atomic E-state index is 12.0. The van der Waals surface area contributed by atoms with Crippen molar-refractivity contribution in [2.75, 3.05) is 11.1 Å². The number of nitrogens with one attached hydrogen (secondary N) is 2. The van der Waals surface area contributed by atoms with Crippen molar-refractivity contribution in [2.45, 2.75) is 5.16 Å². The standard InChI is InChI=1S/C16H12Cl2N4O2S/c17-10-5-3-6-11(14(10)18)19-13(24)8-25-16-20-15(21-22-16)9-4-1-2-7-12(9)23/h1-7,23H,8H2,(H,19,24)(H,20,21,22). The topological polar surface area (TPSA) is 90.9 Å². The highest BCUT2D eigenvalue weighted by molar-refractivity contribution is 7.99. The van der Waals surface area contributed by atoms with Gasteiger partial charge in [0.1, 0.15) is 5.75 Å². The number of hydrogen-bond donors (Lipinski definition) is 3. The Labute approximate surface area is 157 Å². The van der Waals surface area contributed by atoms with Gasteiger partial charge in [-0.1, -0.05) is 53.2 Å². The number of anilines is 1. The van der Waals surface area contributed by atoms with Crippen molar-refractivity contribution in [1.29, 1.82) is 0 Å². The van der Waals surface area contributed by atoms with Crippen LogP contribution < -0.4 is 5.32 Å². The van der Waals surface area contributed by atoms with Crippen LogP contribution in [0.1, 0.15) is 0 Å². The molecule has 0 aliphatic carbocycles. The molecule has 0 unspecified atom stereocenters. The normalized spacial score (nSPS) is 10.6. The Kier molecular flexibility index (Phi) is 5.47. The molecule has 0 bridgehead atoms. The van der Waals surface area contributed by atoms with Crippen LogP contribution in [0.15, 0.2) is 47.6 Å². The van der Waals surface area contributed by atoms with Gasteiger partial charge in [-0.3, -0.25) is 9.89 Å². The van der Waals surface area contributed by atoms with Crippen molar-refractivity contribution in [2.24, 2.45) is 0 Å². The molecule has 1 heterocycles. The van der Waals surface area contributed by atoms with E-state index in [2.05, 4.69) is 20.5 Å². The van der Waals surface area contributed by atoms with Crippen molar-refractivity contribution >= 4 is 46.6 Å². The average Bonchev–Trinajstić information content (AvgIpc) is 3.06. The summed E-state index contributed by atoms with van der Waals surface area (Å²) < 4.78 is 0. The van der Waals surface area contributed by atoms with Crippen LogP contribution in [0, 0.1) is 0 Å². The van der Waals surface area contributed by atoms with Gasteiger partial charge in [0.25, 0.3) is 0 Å². The average molecular weight is 395 g/mol. The van der Waals surface area contributed by atoms with Crippen LogP contribution in [0.2, 0.25) is 10.0 Å². The third kappa shape index (κ3) is 4.25. The van der Waals surface area contributed by atoms with E-state index >= 15 is 0 Å². The number of phenolic OH excluding ortho intramolecular Hbond substituents is 1. The fraction of sp³-hybridized carbons (Fsp3) is 0.0625. The number of rotatable bonds is 5. The summed E-state index contributed by atoms with van der Waals surface area (Å²) in [6, 6.07) is 11.8. The highest BCUT2D eigenvalue weighted by Gasteiger charge is 2.12. The molecule has 9 heteroatoms. The first kappa shape index (κ1) is 17.6. The van der Waals surface area contributed by atoms with Crippen LogP contribution in [0.25, 0.3) is 11.4 Å². The van der Waals surface area contributed by atoms with Crippen molar-refractivity contribution in [3.63, 3.8) is 0 Å². The second-order valence-corrected chi connectivity index (χ2v) is 6.65. The van der Waals surface area contributed by atoms with Gasteiger partial charge in [0.15, 0.2) is 5.82 Å². The summed E-state index contributed by atoms with van der Waals surface area (Å²) in [6.45, 7) is 0. The second-order valence-electron chi connectivity index (χ2n) is 4.92. The third-order valence-corrected chi connectivity index (χ3v) is 4.85. The molecule has 1 amide bonds. The Bertz CT molecular complexity index is 917. The zero-order valence-corrected chi connectivity index (χ0v) is 15.0. The lowest BCUT2D eigenvalue weighted by molar-refractivity contribution is -0.113. The smallest absolute Gasteiger partial charge is 0.234 e. The van der Waals surface area contributed by atoms with Crippen LogP contribution in [0.3, 0.4) is 0 Å². The second kappa shape index (κ2) is 7.77. The number of aromatic amines is 1. The maximum Gasteiger partial charge on any atom is 0.234 e. The Morgan fingerprint density at radius 2 is 2.00 bits per heavy atom. The van der Waals surface area contributed by atoms with E-state index in [4.69, 9.17) is 23.2 Å². The Balaban J connectivity index is 1.62. The number of H-pyrrole nitrogens is 1. The van der Waals surface area contributed by atoms with E-state index in [1.165, 1.54) is 0 Å². The number of phenols is 1. The number of thioether (sulfide) groups is 1. The number of benzene rings is 2. The van der Waals surface area contributed by atoms with Gasteiger partial charge in [-0.25, -0.2) is 4.98 Å². The quantitative estimate of drug-likeness (QED) is 0.563. The largest absolute Gasteiger partial charge is 0.507 e. The summed E-state index contributed by atoms with van der Waals surface area (Å²) in [7, 11) is 0. The maximum atomic E-state index is 12.0. The predicted octanol–water partition coefficient (Wildman–Crippen LogP) is 4.21. The van der Waals surface area contributed by atoms with Gasteiger partial charge >= 0.3 is 0 Å². The summed E-state index contributed by atoms with van der Waals surface area (Å²) in [5, 5.41) is 20.3. The molecule has 3 N–H and O–H groups in total. The number of carbonyl (C=O) groups is 1. The molecule has 3 rings (SSSR count). The van der Waals surface area contributed by atoms with Gasteiger partial charge < -0.3 is 10.4 Å². The van der Waals surface area contributed by atoms with Crippen molar-refractivity contribution in [3.8, 4) is 17.1 Å². The molecule has 0 atom stereocenters. The SMILES string of the molecule is O=C(CSc1n[nH]c(-c2ccccc2O)n1)Nc1cccc(Cl)c1Cl. The highest BCUT2D eigenvalue weighted by Crippen LogP contribution is 2.30. The summed E-state index contributed by atoms with van der Waals surface area (Å²) >= 11 is 13.1. The van der Waals surface area contributed by atoms with Crippen LogP contribution in [-0.2, 0) is 4.79 Å². The number of halogens is 2. The predicted molar refractivity (Wildman–Crippen MR) is 99.3 cm³/mol. The number of hydrogen-bond acceptors (Lipinski definition) is 5. The van der Waals surface area contributed by atoms with E-state index in [0.29, 0.717) is 32.3 Å². The fourth-order valence-electron chi connectivity index (χ4n) is 2.02. The molecule has 0 saturated heterocycles. The fourth-order valence-corrected chi connectivity index (χ4v) is 2.97. The minimum Gasteiger partial charge on any atom is -0.507 e. The highest BCUT2D eigenvalue weighted by atomic mass is 35.5. The number of nitrogens with zero attached hydrogens (tertiary/aromatic N) is 2. The van der Waals surface area contributed by atoms with E-state index in [1.54, 1.807) is 42.5 Å². The van der Waals surface area contributed by atoms with Gasteiger partial charge in [0.2, 0.25) is 11.1 Å². The first-order valence-corrected chi connectivity index (χ1v) is 8.86.